The van der Waals surface area contributed by atoms with E-state index in [0.29, 0.717) is 18.8 Å². The van der Waals surface area contributed by atoms with Gasteiger partial charge in [0.25, 0.3) is 5.91 Å². The van der Waals surface area contributed by atoms with Gasteiger partial charge in [0, 0.05) is 43.0 Å². The normalized spacial score (nSPS) is 13.1. The summed E-state index contributed by atoms with van der Waals surface area (Å²) in [5.74, 6) is -0.0131. The minimum atomic E-state index is -0.0131. The molecular formula is C17H23ClN4O. The van der Waals surface area contributed by atoms with Gasteiger partial charge >= 0.3 is 0 Å². The van der Waals surface area contributed by atoms with Crippen molar-refractivity contribution < 1.29 is 4.79 Å². The molecule has 2 heterocycles. The number of amides is 1. The Morgan fingerprint density at radius 1 is 1.30 bits per heavy atom. The maximum atomic E-state index is 13.0. The van der Waals surface area contributed by atoms with Crippen LogP contribution < -0.4 is 10.2 Å². The Kier molecular flexibility index (Phi) is 6.19. The monoisotopic (exact) mass is 334 g/mol. The first kappa shape index (κ1) is 17.5. The number of halogens is 1. The lowest BCUT2D eigenvalue weighted by Gasteiger charge is -2.23. The Balaban J connectivity index is 0.00000192. The second kappa shape index (κ2) is 8.13. The van der Waals surface area contributed by atoms with E-state index in [1.165, 1.54) is 0 Å². The molecule has 0 unspecified atom stereocenters. The summed E-state index contributed by atoms with van der Waals surface area (Å²) in [7, 11) is 0. The maximum absolute atomic E-state index is 13.0. The van der Waals surface area contributed by atoms with Gasteiger partial charge in [0.15, 0.2) is 5.69 Å². The van der Waals surface area contributed by atoms with Crippen molar-refractivity contribution in [1.82, 2.24) is 15.5 Å². The SMILES string of the molecule is CCCCN(C(=O)c1n[nH]c2c1CNCC2)c1ccccc1.Cl. The number of nitrogens with zero attached hydrogens (tertiary/aromatic N) is 2. The molecule has 0 saturated carbocycles. The molecule has 0 atom stereocenters. The Hall–Kier alpha value is -1.85. The quantitative estimate of drug-likeness (QED) is 0.883. The van der Waals surface area contributed by atoms with Crippen LogP contribution in [-0.4, -0.2) is 29.2 Å². The van der Waals surface area contributed by atoms with Gasteiger partial charge in [-0.2, -0.15) is 5.10 Å². The number of H-pyrrole nitrogens is 1. The Morgan fingerprint density at radius 2 is 2.09 bits per heavy atom. The van der Waals surface area contributed by atoms with Gasteiger partial charge in [-0.3, -0.25) is 9.89 Å². The first-order valence-corrected chi connectivity index (χ1v) is 7.95. The molecule has 0 radical (unpaired) electrons. The number of fused-ring (bicyclic) bond motifs is 1. The lowest BCUT2D eigenvalue weighted by molar-refractivity contribution is 0.0980. The topological polar surface area (TPSA) is 61.0 Å². The van der Waals surface area contributed by atoms with Crippen molar-refractivity contribution in [2.75, 3.05) is 18.0 Å². The first-order valence-electron chi connectivity index (χ1n) is 7.95. The second-order valence-electron chi connectivity index (χ2n) is 5.60. The van der Waals surface area contributed by atoms with E-state index in [4.69, 9.17) is 0 Å². The highest BCUT2D eigenvalue weighted by Gasteiger charge is 2.26. The standard InChI is InChI=1S/C17H22N4O.ClH/c1-2-3-11-21(13-7-5-4-6-8-13)17(22)16-14-12-18-10-9-15(14)19-20-16;/h4-8,18H,2-3,9-12H2,1H3,(H,19,20);1H. The second-order valence-corrected chi connectivity index (χ2v) is 5.60. The molecule has 1 amide bonds. The zero-order valence-corrected chi connectivity index (χ0v) is 14.2. The Labute approximate surface area is 142 Å². The molecule has 0 bridgehead atoms. The molecule has 124 valence electrons. The number of nitrogens with one attached hydrogen (secondary N) is 2. The molecule has 5 nitrogen and oxygen atoms in total. The smallest absolute Gasteiger partial charge is 0.279 e. The number of anilines is 1. The van der Waals surface area contributed by atoms with Crippen LogP contribution in [0.15, 0.2) is 30.3 Å². The third-order valence-corrected chi connectivity index (χ3v) is 4.06. The molecular weight excluding hydrogens is 312 g/mol. The molecule has 6 heteroatoms. The minimum absolute atomic E-state index is 0. The van der Waals surface area contributed by atoms with Gasteiger partial charge < -0.3 is 10.2 Å². The first-order chi connectivity index (χ1) is 10.8. The maximum Gasteiger partial charge on any atom is 0.279 e. The summed E-state index contributed by atoms with van der Waals surface area (Å²) >= 11 is 0. The van der Waals surface area contributed by atoms with E-state index >= 15 is 0 Å². The van der Waals surface area contributed by atoms with Crippen LogP contribution in [0.25, 0.3) is 0 Å². The van der Waals surface area contributed by atoms with Gasteiger partial charge in [0.2, 0.25) is 0 Å². The van der Waals surface area contributed by atoms with Crippen LogP contribution >= 0.6 is 12.4 Å². The number of carbonyl (C=O) groups excluding carboxylic acids is 1. The van der Waals surface area contributed by atoms with Crippen LogP contribution in [0.2, 0.25) is 0 Å². The molecule has 23 heavy (non-hydrogen) atoms. The van der Waals surface area contributed by atoms with Crippen LogP contribution in [0, 0.1) is 0 Å². The largest absolute Gasteiger partial charge is 0.312 e. The molecule has 1 aromatic heterocycles. The number of aromatic nitrogens is 2. The summed E-state index contributed by atoms with van der Waals surface area (Å²) in [6.45, 7) is 4.49. The number of aromatic amines is 1. The molecule has 2 aromatic rings. The van der Waals surface area contributed by atoms with E-state index in [1.54, 1.807) is 0 Å². The molecule has 2 N–H and O–H groups in total. The third kappa shape index (κ3) is 3.74. The number of rotatable bonds is 5. The van der Waals surface area contributed by atoms with E-state index in [0.717, 1.165) is 42.8 Å². The minimum Gasteiger partial charge on any atom is -0.312 e. The molecule has 0 fully saturated rings. The molecule has 1 aliphatic rings. The highest BCUT2D eigenvalue weighted by Crippen LogP contribution is 2.21. The van der Waals surface area contributed by atoms with Crippen LogP contribution in [0.5, 0.6) is 0 Å². The Morgan fingerprint density at radius 3 is 2.83 bits per heavy atom. The van der Waals surface area contributed by atoms with Crippen molar-refractivity contribution in [1.29, 1.82) is 0 Å². The van der Waals surface area contributed by atoms with Crippen LogP contribution in [0.3, 0.4) is 0 Å². The zero-order chi connectivity index (χ0) is 15.4. The van der Waals surface area contributed by atoms with E-state index in [-0.39, 0.29) is 18.3 Å². The predicted octanol–water partition coefficient (Wildman–Crippen LogP) is 2.92. The number of para-hydroxylation sites is 1. The predicted molar refractivity (Wildman–Crippen MR) is 94.3 cm³/mol. The average Bonchev–Trinajstić information content (AvgIpc) is 3.00. The van der Waals surface area contributed by atoms with Crippen LogP contribution in [0.4, 0.5) is 5.69 Å². The fourth-order valence-corrected chi connectivity index (χ4v) is 2.80. The van der Waals surface area contributed by atoms with Gasteiger partial charge in [-0.15, -0.1) is 12.4 Å². The molecule has 3 rings (SSSR count). The van der Waals surface area contributed by atoms with Gasteiger partial charge in [-0.1, -0.05) is 31.5 Å². The number of unbranched alkanes of at least 4 members (excludes halogenated alkanes) is 1. The molecule has 0 spiro atoms. The van der Waals surface area contributed by atoms with E-state index in [1.807, 2.05) is 35.2 Å². The summed E-state index contributed by atoms with van der Waals surface area (Å²) in [4.78, 5) is 14.8. The van der Waals surface area contributed by atoms with Crippen molar-refractivity contribution >= 4 is 24.0 Å². The van der Waals surface area contributed by atoms with Crippen LogP contribution in [-0.2, 0) is 13.0 Å². The van der Waals surface area contributed by atoms with Crippen molar-refractivity contribution in [3.63, 3.8) is 0 Å². The molecule has 0 aliphatic carbocycles. The lowest BCUT2D eigenvalue weighted by Crippen LogP contribution is -2.34. The van der Waals surface area contributed by atoms with Crippen LogP contribution in [0.1, 0.15) is 41.5 Å². The lowest BCUT2D eigenvalue weighted by atomic mass is 10.1. The fourth-order valence-electron chi connectivity index (χ4n) is 2.80. The zero-order valence-electron chi connectivity index (χ0n) is 13.3. The summed E-state index contributed by atoms with van der Waals surface area (Å²) < 4.78 is 0. The van der Waals surface area contributed by atoms with E-state index in [2.05, 4.69) is 22.4 Å². The van der Waals surface area contributed by atoms with Gasteiger partial charge in [-0.05, 0) is 18.6 Å². The molecule has 1 aliphatic heterocycles. The van der Waals surface area contributed by atoms with Gasteiger partial charge in [0.05, 0.1) is 0 Å². The van der Waals surface area contributed by atoms with E-state index < -0.39 is 0 Å². The third-order valence-electron chi connectivity index (χ3n) is 4.06. The summed E-state index contributed by atoms with van der Waals surface area (Å²) in [5, 5.41) is 10.6. The summed E-state index contributed by atoms with van der Waals surface area (Å²) in [5.41, 5.74) is 3.60. The number of carbonyl (C=O) groups is 1. The fraction of sp³-hybridized carbons (Fsp3) is 0.412. The highest BCUT2D eigenvalue weighted by molar-refractivity contribution is 6.05. The van der Waals surface area contributed by atoms with Crippen molar-refractivity contribution in [3.8, 4) is 0 Å². The Bertz CT molecular complexity index is 641. The summed E-state index contributed by atoms with van der Waals surface area (Å²) in [6, 6.07) is 9.84. The number of benzene rings is 1. The molecule has 0 saturated heterocycles. The van der Waals surface area contributed by atoms with Gasteiger partial charge in [-0.25, -0.2) is 0 Å². The van der Waals surface area contributed by atoms with E-state index in [9.17, 15) is 4.79 Å². The van der Waals surface area contributed by atoms with Crippen molar-refractivity contribution in [2.45, 2.75) is 32.7 Å². The number of hydrogen-bond donors (Lipinski definition) is 2. The van der Waals surface area contributed by atoms with Gasteiger partial charge in [0.1, 0.15) is 0 Å². The molecule has 1 aromatic carbocycles. The summed E-state index contributed by atoms with van der Waals surface area (Å²) in [6.07, 6.45) is 2.93. The van der Waals surface area contributed by atoms with Crippen molar-refractivity contribution in [3.05, 3.63) is 47.3 Å². The van der Waals surface area contributed by atoms with Crippen molar-refractivity contribution in [2.24, 2.45) is 0 Å². The number of hydrogen-bond acceptors (Lipinski definition) is 3. The highest BCUT2D eigenvalue weighted by atomic mass is 35.5. The average molecular weight is 335 g/mol.